The van der Waals surface area contributed by atoms with Crippen LogP contribution < -0.4 is 0 Å². The van der Waals surface area contributed by atoms with Crippen LogP contribution in [0.4, 0.5) is 0 Å². The highest BCUT2D eigenvalue weighted by Crippen LogP contribution is 2.16. The molecule has 1 aliphatic heterocycles. The van der Waals surface area contributed by atoms with E-state index in [0.29, 0.717) is 56.0 Å². The molecule has 174 valence electrons. The van der Waals surface area contributed by atoms with Crippen LogP contribution >= 0.6 is 10.8 Å². The summed E-state index contributed by atoms with van der Waals surface area (Å²) in [5, 5.41) is 0. The summed E-state index contributed by atoms with van der Waals surface area (Å²) in [4.78, 5) is 37.1. The number of amides is 2. The van der Waals surface area contributed by atoms with Gasteiger partial charge in [0, 0.05) is 57.0 Å². The van der Waals surface area contributed by atoms with Crippen molar-refractivity contribution in [3.05, 3.63) is 48.3 Å². The fourth-order valence-electron chi connectivity index (χ4n) is 3.12. The molecule has 10 heteroatoms. The number of nitrogens with zero attached hydrogens (tertiary/aromatic N) is 4. The smallest absolute Gasteiger partial charge is 0.255 e. The molecule has 0 unspecified atom stereocenters. The number of carbonyl (C=O) groups excluding carboxylic acids is 2. The van der Waals surface area contributed by atoms with E-state index in [1.807, 2.05) is 32.0 Å². The van der Waals surface area contributed by atoms with Crippen molar-refractivity contribution in [2.75, 3.05) is 38.2 Å². The summed E-state index contributed by atoms with van der Waals surface area (Å²) < 4.78 is 22.2. The lowest BCUT2D eigenvalue weighted by Crippen LogP contribution is -2.50. The molecular weight excluding hydrogens is 448 g/mol. The molecule has 0 bridgehead atoms. The summed E-state index contributed by atoms with van der Waals surface area (Å²) >= 11 is 0. The molecule has 0 N–H and O–H groups in total. The molecule has 0 radical (unpaired) electrons. The van der Waals surface area contributed by atoms with E-state index in [9.17, 15) is 18.0 Å². The monoisotopic (exact) mass is 478 g/mol. The first-order valence-corrected chi connectivity index (χ1v) is 14.0. The fourth-order valence-corrected chi connectivity index (χ4v) is 4.95. The van der Waals surface area contributed by atoms with Gasteiger partial charge in [-0.1, -0.05) is 19.9 Å². The van der Waals surface area contributed by atoms with E-state index in [1.165, 1.54) is 0 Å². The van der Waals surface area contributed by atoms with Crippen molar-refractivity contribution in [3.63, 3.8) is 0 Å². The van der Waals surface area contributed by atoms with E-state index >= 15 is 0 Å². The predicted molar refractivity (Wildman–Crippen MR) is 128 cm³/mol. The Balaban J connectivity index is 0.00000176. The molecule has 0 spiro atoms. The van der Waals surface area contributed by atoms with Crippen LogP contribution in [0.25, 0.3) is 11.4 Å². The molecule has 2 aromatic rings. The highest BCUT2D eigenvalue weighted by atomic mass is 33.1. The number of pyridine rings is 2. The molecule has 0 aromatic carbocycles. The van der Waals surface area contributed by atoms with Gasteiger partial charge in [0.05, 0.1) is 17.0 Å². The number of carbonyl (C=O) groups is 2. The lowest BCUT2D eigenvalue weighted by Gasteiger charge is -2.34. The Morgan fingerprint density at radius 2 is 1.62 bits per heavy atom. The molecule has 0 atom stereocenters. The molecule has 3 heterocycles. The number of rotatable bonds is 7. The van der Waals surface area contributed by atoms with Crippen molar-refractivity contribution in [1.82, 2.24) is 19.8 Å². The normalized spacial score (nSPS) is 13.8. The maximum atomic E-state index is 12.7. The van der Waals surface area contributed by atoms with Gasteiger partial charge in [0.25, 0.3) is 5.91 Å². The van der Waals surface area contributed by atoms with Crippen LogP contribution in [0.2, 0.25) is 0 Å². The van der Waals surface area contributed by atoms with Crippen LogP contribution in [-0.4, -0.2) is 78.2 Å². The average Bonchev–Trinajstić information content (AvgIpc) is 2.83. The van der Waals surface area contributed by atoms with Crippen LogP contribution in [0.5, 0.6) is 0 Å². The maximum absolute atomic E-state index is 12.7. The zero-order valence-corrected chi connectivity index (χ0v) is 20.4. The molecule has 2 amide bonds. The predicted octanol–water partition coefficient (Wildman–Crippen LogP) is 2.93. The van der Waals surface area contributed by atoms with E-state index in [4.69, 9.17) is 0 Å². The summed E-state index contributed by atoms with van der Waals surface area (Å²) in [7, 11) is -2.21. The summed E-state index contributed by atoms with van der Waals surface area (Å²) in [6.07, 6.45) is 5.25. The third kappa shape index (κ3) is 7.90. The Morgan fingerprint density at radius 3 is 2.19 bits per heavy atom. The highest BCUT2D eigenvalue weighted by Gasteiger charge is 2.25. The number of hydrogen-bond donors (Lipinski definition) is 0. The first-order valence-electron chi connectivity index (χ1n) is 10.6. The van der Waals surface area contributed by atoms with Crippen LogP contribution in [-0.2, 0) is 13.7 Å². The minimum atomic E-state index is -3.07. The van der Waals surface area contributed by atoms with E-state index in [2.05, 4.69) is 9.97 Å². The molecule has 1 saturated heterocycles. The van der Waals surface area contributed by atoms with Crippen molar-refractivity contribution >= 4 is 31.5 Å². The van der Waals surface area contributed by atoms with Crippen LogP contribution in [0.15, 0.2) is 42.7 Å². The van der Waals surface area contributed by atoms with Crippen molar-refractivity contribution in [3.8, 4) is 11.4 Å². The molecule has 0 saturated carbocycles. The number of piperazine rings is 1. The van der Waals surface area contributed by atoms with Gasteiger partial charge in [-0.05, 0) is 41.5 Å². The van der Waals surface area contributed by atoms with Crippen molar-refractivity contribution in [2.24, 2.45) is 0 Å². The quantitative estimate of drug-likeness (QED) is 0.445. The second kappa shape index (κ2) is 12.5. The second-order valence-corrected chi connectivity index (χ2v) is 11.5. The van der Waals surface area contributed by atoms with Gasteiger partial charge in [0.1, 0.15) is 0 Å². The molecule has 2 aromatic heterocycles. The summed E-state index contributed by atoms with van der Waals surface area (Å²) in [6, 6.07) is 9.11. The van der Waals surface area contributed by atoms with E-state index in [1.54, 1.807) is 34.3 Å². The van der Waals surface area contributed by atoms with Crippen molar-refractivity contribution < 1.29 is 18.0 Å². The molecule has 8 nitrogen and oxygen atoms in total. The zero-order valence-electron chi connectivity index (χ0n) is 18.7. The second-order valence-electron chi connectivity index (χ2n) is 6.95. The van der Waals surface area contributed by atoms with Crippen LogP contribution in [0.3, 0.4) is 0 Å². The Labute approximate surface area is 193 Å². The van der Waals surface area contributed by atoms with Gasteiger partial charge in [-0.25, -0.2) is 8.42 Å². The molecular formula is C22H30N4O4S2. The van der Waals surface area contributed by atoms with Gasteiger partial charge in [-0.2, -0.15) is 0 Å². The Bertz CT molecular complexity index is 975. The minimum absolute atomic E-state index is 0.00224. The molecule has 3 rings (SSSR count). The van der Waals surface area contributed by atoms with Gasteiger partial charge < -0.3 is 9.80 Å². The molecule has 1 aliphatic rings. The lowest BCUT2D eigenvalue weighted by molar-refractivity contribution is -0.132. The van der Waals surface area contributed by atoms with Gasteiger partial charge >= 0.3 is 0 Å². The summed E-state index contributed by atoms with van der Waals surface area (Å²) in [6.45, 7) is 5.88. The van der Waals surface area contributed by atoms with Gasteiger partial charge in [-0.3, -0.25) is 19.6 Å². The third-order valence-corrected chi connectivity index (χ3v) is 7.36. The zero-order chi connectivity index (χ0) is 23.6. The standard InChI is InChI=1S/C20H24N4O4S2.C2H6/c1-30(27,28)29-14-4-6-19(25)23-10-12-24(13-11-23)20(26)16-7-8-18(22-15-16)17-5-2-3-9-21-17;1-2/h2-3,5,7-9,15H,4,6,10-14H2,1H3;1-2H3. The number of aromatic nitrogens is 2. The molecule has 1 fully saturated rings. The molecule has 32 heavy (non-hydrogen) atoms. The molecule has 0 aliphatic carbocycles. The van der Waals surface area contributed by atoms with Crippen molar-refractivity contribution in [1.29, 1.82) is 0 Å². The van der Waals surface area contributed by atoms with E-state index < -0.39 is 8.87 Å². The Kier molecular flexibility index (Phi) is 10.1. The summed E-state index contributed by atoms with van der Waals surface area (Å²) in [5.74, 6) is 0.300. The highest BCUT2D eigenvalue weighted by molar-refractivity contribution is 8.71. The van der Waals surface area contributed by atoms with Gasteiger partial charge in [0.15, 0.2) is 8.87 Å². The Morgan fingerprint density at radius 1 is 0.969 bits per heavy atom. The Hall–Kier alpha value is -2.46. The van der Waals surface area contributed by atoms with Crippen LogP contribution in [0, 0.1) is 0 Å². The SMILES string of the molecule is CC.CS(=O)(=O)SCCCC(=O)N1CCN(C(=O)c2ccc(-c3ccccn3)nc2)CC1. The van der Waals surface area contributed by atoms with Gasteiger partial charge in [-0.15, -0.1) is 0 Å². The lowest BCUT2D eigenvalue weighted by atomic mass is 10.1. The summed E-state index contributed by atoms with van der Waals surface area (Å²) in [5.41, 5.74) is 1.96. The van der Waals surface area contributed by atoms with Crippen LogP contribution in [0.1, 0.15) is 37.0 Å². The van der Waals surface area contributed by atoms with Crippen molar-refractivity contribution in [2.45, 2.75) is 26.7 Å². The van der Waals surface area contributed by atoms with E-state index in [-0.39, 0.29) is 11.8 Å². The third-order valence-electron chi connectivity index (χ3n) is 4.69. The fraction of sp³-hybridized carbons (Fsp3) is 0.455. The minimum Gasteiger partial charge on any atom is -0.339 e. The first-order chi connectivity index (χ1) is 15.3. The van der Waals surface area contributed by atoms with E-state index in [0.717, 1.165) is 22.7 Å². The average molecular weight is 479 g/mol. The largest absolute Gasteiger partial charge is 0.339 e. The first kappa shape index (κ1) is 25.8. The maximum Gasteiger partial charge on any atom is 0.255 e. The number of hydrogen-bond acceptors (Lipinski definition) is 7. The van der Waals surface area contributed by atoms with Gasteiger partial charge in [0.2, 0.25) is 5.91 Å². The topological polar surface area (TPSA) is 101 Å².